The van der Waals surface area contributed by atoms with Crippen LogP contribution >= 0.6 is 0 Å². The van der Waals surface area contributed by atoms with Crippen molar-refractivity contribution in [1.29, 1.82) is 0 Å². The topological polar surface area (TPSA) is 67.9 Å². The predicted octanol–water partition coefficient (Wildman–Crippen LogP) is 3.32. The number of carbonyl (C=O) groups excluding carboxylic acids is 2. The first-order valence-electron chi connectivity index (χ1n) is 9.35. The van der Waals surface area contributed by atoms with E-state index in [0.717, 1.165) is 12.8 Å². The lowest BCUT2D eigenvalue weighted by molar-refractivity contribution is -0.138. The highest BCUT2D eigenvalue weighted by Crippen LogP contribution is 2.30. The summed E-state index contributed by atoms with van der Waals surface area (Å²) in [4.78, 5) is 27.0. The van der Waals surface area contributed by atoms with E-state index in [1.165, 1.54) is 0 Å². The van der Waals surface area contributed by atoms with E-state index in [2.05, 4.69) is 19.2 Å². The Morgan fingerprint density at radius 1 is 1.15 bits per heavy atom. The number of rotatable bonds is 7. The van der Waals surface area contributed by atoms with E-state index in [9.17, 15) is 9.59 Å². The Kier molecular flexibility index (Phi) is 7.30. The van der Waals surface area contributed by atoms with Crippen LogP contribution in [0.5, 0.6) is 11.5 Å². The third-order valence-corrected chi connectivity index (χ3v) is 5.18. The van der Waals surface area contributed by atoms with Crippen LogP contribution in [0.25, 0.3) is 0 Å². The van der Waals surface area contributed by atoms with Gasteiger partial charge in [0.25, 0.3) is 0 Å². The summed E-state index contributed by atoms with van der Waals surface area (Å²) in [6, 6.07) is 5.31. The molecular formula is C20H30N2O4. The Bertz CT molecular complexity index is 620. The van der Waals surface area contributed by atoms with Gasteiger partial charge in [0.2, 0.25) is 11.8 Å². The zero-order valence-electron chi connectivity index (χ0n) is 16.2. The molecule has 1 aromatic rings. The maximum atomic E-state index is 12.6. The number of anilines is 1. The van der Waals surface area contributed by atoms with E-state index in [4.69, 9.17) is 9.47 Å². The maximum Gasteiger partial charge on any atom is 0.227 e. The Hall–Kier alpha value is -2.24. The van der Waals surface area contributed by atoms with Gasteiger partial charge in [-0.05, 0) is 37.8 Å². The second-order valence-corrected chi connectivity index (χ2v) is 6.67. The molecule has 0 bridgehead atoms. The number of piperidine rings is 1. The van der Waals surface area contributed by atoms with E-state index >= 15 is 0 Å². The lowest BCUT2D eigenvalue weighted by Gasteiger charge is -2.33. The van der Waals surface area contributed by atoms with Crippen LogP contribution in [-0.2, 0) is 9.59 Å². The molecule has 2 rings (SSSR count). The molecular weight excluding hydrogens is 332 g/mol. The number of ether oxygens (including phenoxy) is 2. The van der Waals surface area contributed by atoms with E-state index in [-0.39, 0.29) is 23.7 Å². The molecule has 1 fully saturated rings. The molecule has 1 N–H and O–H groups in total. The smallest absolute Gasteiger partial charge is 0.227 e. The van der Waals surface area contributed by atoms with Crippen molar-refractivity contribution in [2.45, 2.75) is 39.5 Å². The van der Waals surface area contributed by atoms with Crippen LogP contribution in [0.1, 0.15) is 39.5 Å². The number of carbonyl (C=O) groups is 2. The molecule has 1 aromatic carbocycles. The molecule has 0 saturated carbocycles. The number of likely N-dealkylation sites (tertiary alicyclic amines) is 1. The van der Waals surface area contributed by atoms with Crippen LogP contribution in [-0.4, -0.2) is 44.0 Å². The van der Waals surface area contributed by atoms with E-state index in [1.54, 1.807) is 32.4 Å². The summed E-state index contributed by atoms with van der Waals surface area (Å²) in [5, 5.41) is 2.95. The van der Waals surface area contributed by atoms with Crippen LogP contribution in [0.3, 0.4) is 0 Å². The first-order chi connectivity index (χ1) is 12.5. The van der Waals surface area contributed by atoms with Crippen LogP contribution < -0.4 is 14.8 Å². The molecule has 144 valence electrons. The second-order valence-electron chi connectivity index (χ2n) is 6.67. The molecule has 1 saturated heterocycles. The van der Waals surface area contributed by atoms with E-state index in [1.807, 2.05) is 4.90 Å². The monoisotopic (exact) mass is 362 g/mol. The van der Waals surface area contributed by atoms with Crippen molar-refractivity contribution in [2.24, 2.45) is 11.8 Å². The van der Waals surface area contributed by atoms with Crippen LogP contribution in [0.4, 0.5) is 5.69 Å². The van der Waals surface area contributed by atoms with Crippen molar-refractivity contribution in [3.8, 4) is 11.5 Å². The highest BCUT2D eigenvalue weighted by molar-refractivity contribution is 5.94. The predicted molar refractivity (Wildman–Crippen MR) is 102 cm³/mol. The first-order valence-corrected chi connectivity index (χ1v) is 9.35. The molecule has 0 unspecified atom stereocenters. The Labute approximate surface area is 155 Å². The number of hydrogen-bond acceptors (Lipinski definition) is 4. The lowest BCUT2D eigenvalue weighted by atomic mass is 9.93. The summed E-state index contributed by atoms with van der Waals surface area (Å²) in [5.41, 5.74) is 0.633. The summed E-state index contributed by atoms with van der Waals surface area (Å²) in [6.07, 6.45) is 3.12. The molecule has 26 heavy (non-hydrogen) atoms. The fourth-order valence-corrected chi connectivity index (χ4v) is 3.39. The minimum absolute atomic E-state index is 0.0249. The lowest BCUT2D eigenvalue weighted by Crippen LogP contribution is -2.43. The fourth-order valence-electron chi connectivity index (χ4n) is 3.39. The standard InChI is InChI=1S/C20H30N2O4/c1-5-14(6-2)20(24)22-11-9-15(10-12-22)19(23)21-17-8-7-16(25-3)13-18(17)26-4/h7-8,13-15H,5-6,9-12H2,1-4H3,(H,21,23). The van der Waals surface area contributed by atoms with E-state index in [0.29, 0.717) is 43.1 Å². The van der Waals surface area contributed by atoms with Crippen molar-refractivity contribution in [2.75, 3.05) is 32.6 Å². The van der Waals surface area contributed by atoms with Gasteiger partial charge in [0.05, 0.1) is 19.9 Å². The summed E-state index contributed by atoms with van der Waals surface area (Å²) in [6.45, 7) is 5.39. The average Bonchev–Trinajstić information content (AvgIpc) is 2.69. The van der Waals surface area contributed by atoms with Crippen molar-refractivity contribution in [3.63, 3.8) is 0 Å². The minimum Gasteiger partial charge on any atom is -0.497 e. The normalized spacial score (nSPS) is 15.0. The summed E-state index contributed by atoms with van der Waals surface area (Å²) < 4.78 is 10.5. The molecule has 1 aliphatic heterocycles. The Morgan fingerprint density at radius 3 is 2.35 bits per heavy atom. The Balaban J connectivity index is 1.94. The number of nitrogens with one attached hydrogen (secondary N) is 1. The Morgan fingerprint density at radius 2 is 1.81 bits per heavy atom. The SMILES string of the molecule is CCC(CC)C(=O)N1CCC(C(=O)Nc2ccc(OC)cc2OC)CC1. The largest absolute Gasteiger partial charge is 0.497 e. The number of benzene rings is 1. The van der Waals surface area contributed by atoms with Gasteiger partial charge < -0.3 is 19.7 Å². The molecule has 6 nitrogen and oxygen atoms in total. The van der Waals surface area contributed by atoms with Gasteiger partial charge in [-0.3, -0.25) is 9.59 Å². The van der Waals surface area contributed by atoms with Gasteiger partial charge in [-0.1, -0.05) is 13.8 Å². The van der Waals surface area contributed by atoms with Gasteiger partial charge in [-0.2, -0.15) is 0 Å². The molecule has 0 atom stereocenters. The highest BCUT2D eigenvalue weighted by Gasteiger charge is 2.29. The third kappa shape index (κ3) is 4.68. The van der Waals surface area contributed by atoms with Crippen LogP contribution in [0.2, 0.25) is 0 Å². The summed E-state index contributed by atoms with van der Waals surface area (Å²) in [5.74, 6) is 1.46. The summed E-state index contributed by atoms with van der Waals surface area (Å²) >= 11 is 0. The van der Waals surface area contributed by atoms with Gasteiger partial charge in [0.15, 0.2) is 0 Å². The fraction of sp³-hybridized carbons (Fsp3) is 0.600. The van der Waals surface area contributed by atoms with Gasteiger partial charge >= 0.3 is 0 Å². The van der Waals surface area contributed by atoms with Crippen molar-refractivity contribution in [3.05, 3.63) is 18.2 Å². The molecule has 2 amide bonds. The number of hydrogen-bond donors (Lipinski definition) is 1. The molecule has 0 aromatic heterocycles. The highest BCUT2D eigenvalue weighted by atomic mass is 16.5. The zero-order chi connectivity index (χ0) is 19.1. The molecule has 0 spiro atoms. The zero-order valence-corrected chi connectivity index (χ0v) is 16.2. The van der Waals surface area contributed by atoms with Crippen molar-refractivity contribution in [1.82, 2.24) is 4.90 Å². The van der Waals surface area contributed by atoms with Gasteiger partial charge in [-0.25, -0.2) is 0 Å². The molecule has 0 aliphatic carbocycles. The molecule has 6 heteroatoms. The number of nitrogens with zero attached hydrogens (tertiary/aromatic N) is 1. The van der Waals surface area contributed by atoms with Crippen molar-refractivity contribution < 1.29 is 19.1 Å². The first kappa shape index (κ1) is 20.1. The minimum atomic E-state index is -0.0902. The third-order valence-electron chi connectivity index (χ3n) is 5.18. The van der Waals surface area contributed by atoms with Gasteiger partial charge in [0, 0.05) is 31.0 Å². The maximum absolute atomic E-state index is 12.6. The average molecular weight is 362 g/mol. The van der Waals surface area contributed by atoms with E-state index < -0.39 is 0 Å². The van der Waals surface area contributed by atoms with Gasteiger partial charge in [-0.15, -0.1) is 0 Å². The number of methoxy groups -OCH3 is 2. The summed E-state index contributed by atoms with van der Waals surface area (Å²) in [7, 11) is 3.15. The van der Waals surface area contributed by atoms with Gasteiger partial charge in [0.1, 0.15) is 11.5 Å². The second kappa shape index (κ2) is 9.46. The molecule has 1 heterocycles. The van der Waals surface area contributed by atoms with Crippen LogP contribution in [0, 0.1) is 11.8 Å². The van der Waals surface area contributed by atoms with Crippen LogP contribution in [0.15, 0.2) is 18.2 Å². The number of amides is 2. The molecule has 1 aliphatic rings. The molecule has 0 radical (unpaired) electrons. The van der Waals surface area contributed by atoms with Crippen molar-refractivity contribution >= 4 is 17.5 Å². The quantitative estimate of drug-likeness (QED) is 0.808.